The smallest absolute Gasteiger partial charge is 0.260 e. The van der Waals surface area contributed by atoms with E-state index in [2.05, 4.69) is 15.9 Å². The summed E-state index contributed by atoms with van der Waals surface area (Å²) in [5.41, 5.74) is -0.472. The Morgan fingerprint density at radius 2 is 1.89 bits per heavy atom. The molecule has 5 heteroatoms. The van der Waals surface area contributed by atoms with Crippen LogP contribution in [0.3, 0.4) is 0 Å². The van der Waals surface area contributed by atoms with Gasteiger partial charge in [0.25, 0.3) is 5.91 Å². The number of rotatable bonds is 5. The zero-order chi connectivity index (χ0) is 13.7. The number of hydrogen-bond donors (Lipinski definition) is 0. The van der Waals surface area contributed by atoms with E-state index in [1.54, 1.807) is 0 Å². The molecule has 1 rings (SSSR count). The summed E-state index contributed by atoms with van der Waals surface area (Å²) < 4.78 is 27.1. The van der Waals surface area contributed by atoms with E-state index in [1.807, 2.05) is 13.8 Å². The topological polar surface area (TPSA) is 20.3 Å². The Kier molecular flexibility index (Phi) is 5.72. The molecule has 0 bridgehead atoms. The molecule has 0 spiro atoms. The monoisotopic (exact) mass is 319 g/mol. The van der Waals surface area contributed by atoms with Gasteiger partial charge in [-0.1, -0.05) is 22.0 Å². The van der Waals surface area contributed by atoms with Gasteiger partial charge in [-0.15, -0.1) is 0 Å². The number of benzene rings is 1. The molecular weight excluding hydrogens is 304 g/mol. The van der Waals surface area contributed by atoms with E-state index >= 15 is 0 Å². The lowest BCUT2D eigenvalue weighted by Crippen LogP contribution is -2.38. The fourth-order valence-corrected chi connectivity index (χ4v) is 1.92. The minimum atomic E-state index is -0.815. The first-order chi connectivity index (χ1) is 8.49. The SMILES string of the molecule is CC(C)N(CCCBr)C(=O)c1c(F)cccc1F. The van der Waals surface area contributed by atoms with Crippen molar-refractivity contribution in [3.8, 4) is 0 Å². The zero-order valence-electron chi connectivity index (χ0n) is 10.4. The molecule has 0 aromatic heterocycles. The van der Waals surface area contributed by atoms with E-state index in [4.69, 9.17) is 0 Å². The number of nitrogens with zero attached hydrogens (tertiary/aromatic N) is 1. The van der Waals surface area contributed by atoms with Crippen LogP contribution in [-0.4, -0.2) is 28.7 Å². The third-order valence-electron chi connectivity index (χ3n) is 2.59. The quantitative estimate of drug-likeness (QED) is 0.759. The third-order valence-corrected chi connectivity index (χ3v) is 3.15. The highest BCUT2D eigenvalue weighted by atomic mass is 79.9. The zero-order valence-corrected chi connectivity index (χ0v) is 12.0. The normalized spacial score (nSPS) is 10.8. The van der Waals surface area contributed by atoms with Crippen LogP contribution >= 0.6 is 15.9 Å². The molecule has 1 aromatic rings. The summed E-state index contributed by atoms with van der Waals surface area (Å²) in [6.07, 6.45) is 0.736. The van der Waals surface area contributed by atoms with Crippen molar-refractivity contribution in [3.05, 3.63) is 35.4 Å². The molecule has 0 radical (unpaired) electrons. The molecule has 100 valence electrons. The van der Waals surface area contributed by atoms with E-state index in [0.29, 0.717) is 6.54 Å². The third kappa shape index (κ3) is 3.51. The molecule has 1 aromatic carbocycles. The maximum Gasteiger partial charge on any atom is 0.260 e. The van der Waals surface area contributed by atoms with Crippen molar-refractivity contribution in [2.45, 2.75) is 26.3 Å². The summed E-state index contributed by atoms with van der Waals surface area (Å²) in [4.78, 5) is 13.6. The second-order valence-electron chi connectivity index (χ2n) is 4.23. The van der Waals surface area contributed by atoms with Gasteiger partial charge in [-0.3, -0.25) is 4.79 Å². The first kappa shape index (κ1) is 15.1. The van der Waals surface area contributed by atoms with Crippen molar-refractivity contribution in [2.75, 3.05) is 11.9 Å². The first-order valence-electron chi connectivity index (χ1n) is 5.80. The standard InChI is InChI=1S/C13H16BrF2NO/c1-9(2)17(8-4-7-14)13(18)12-10(15)5-3-6-11(12)16/h3,5-6,9H,4,7-8H2,1-2H3. The Hall–Kier alpha value is -0.970. The number of halogens is 3. The van der Waals surface area contributed by atoms with Gasteiger partial charge in [-0.05, 0) is 32.4 Å². The van der Waals surface area contributed by atoms with Crippen molar-refractivity contribution in [1.29, 1.82) is 0 Å². The van der Waals surface area contributed by atoms with Crippen LogP contribution in [0.25, 0.3) is 0 Å². The maximum absolute atomic E-state index is 13.6. The molecule has 0 N–H and O–H groups in total. The van der Waals surface area contributed by atoms with Crippen molar-refractivity contribution in [1.82, 2.24) is 4.90 Å². The van der Waals surface area contributed by atoms with E-state index < -0.39 is 23.1 Å². The summed E-state index contributed by atoms with van der Waals surface area (Å²) >= 11 is 3.28. The summed E-state index contributed by atoms with van der Waals surface area (Å²) in [6.45, 7) is 4.12. The van der Waals surface area contributed by atoms with Gasteiger partial charge in [-0.2, -0.15) is 0 Å². The highest BCUT2D eigenvalue weighted by Gasteiger charge is 2.24. The van der Waals surface area contributed by atoms with Crippen LogP contribution in [0.1, 0.15) is 30.6 Å². The number of carbonyl (C=O) groups is 1. The lowest BCUT2D eigenvalue weighted by molar-refractivity contribution is 0.0696. The molecule has 0 saturated heterocycles. The average Bonchev–Trinajstić information content (AvgIpc) is 2.28. The molecular formula is C13H16BrF2NO. The molecule has 0 aliphatic rings. The first-order valence-corrected chi connectivity index (χ1v) is 6.92. The Labute approximate surface area is 114 Å². The van der Waals surface area contributed by atoms with Crippen LogP contribution < -0.4 is 0 Å². The Morgan fingerprint density at radius 3 is 2.33 bits per heavy atom. The Balaban J connectivity index is 3.02. The minimum Gasteiger partial charge on any atom is -0.336 e. The summed E-state index contributed by atoms with van der Waals surface area (Å²) in [5, 5.41) is 0.739. The fourth-order valence-electron chi connectivity index (χ4n) is 1.67. The molecule has 0 heterocycles. The minimum absolute atomic E-state index is 0.101. The Morgan fingerprint density at radius 1 is 1.33 bits per heavy atom. The number of alkyl halides is 1. The van der Waals surface area contributed by atoms with Gasteiger partial charge in [0, 0.05) is 17.9 Å². The highest BCUT2D eigenvalue weighted by Crippen LogP contribution is 2.16. The molecule has 0 fully saturated rings. The predicted octanol–water partition coefficient (Wildman–Crippen LogP) is 3.60. The number of carbonyl (C=O) groups excluding carboxylic acids is 1. The van der Waals surface area contributed by atoms with Gasteiger partial charge in [0.15, 0.2) is 0 Å². The fraction of sp³-hybridized carbons (Fsp3) is 0.462. The second kappa shape index (κ2) is 6.83. The molecule has 1 amide bonds. The number of amides is 1. The maximum atomic E-state index is 13.6. The van der Waals surface area contributed by atoms with Gasteiger partial charge < -0.3 is 4.90 Å². The molecule has 0 aliphatic carbocycles. The van der Waals surface area contributed by atoms with Crippen LogP contribution in [0.5, 0.6) is 0 Å². The lowest BCUT2D eigenvalue weighted by atomic mass is 10.1. The van der Waals surface area contributed by atoms with Crippen molar-refractivity contribution in [3.63, 3.8) is 0 Å². The Bertz CT molecular complexity index is 403. The molecule has 18 heavy (non-hydrogen) atoms. The summed E-state index contributed by atoms with van der Waals surface area (Å²) in [6, 6.07) is 3.34. The van der Waals surface area contributed by atoms with E-state index in [9.17, 15) is 13.6 Å². The second-order valence-corrected chi connectivity index (χ2v) is 5.02. The van der Waals surface area contributed by atoms with Gasteiger partial charge in [0.2, 0.25) is 0 Å². The van der Waals surface area contributed by atoms with Crippen LogP contribution in [0.4, 0.5) is 8.78 Å². The highest BCUT2D eigenvalue weighted by molar-refractivity contribution is 9.09. The van der Waals surface area contributed by atoms with Gasteiger partial charge in [0.1, 0.15) is 17.2 Å². The van der Waals surface area contributed by atoms with Gasteiger partial charge in [0.05, 0.1) is 0 Å². The molecule has 2 nitrogen and oxygen atoms in total. The van der Waals surface area contributed by atoms with Gasteiger partial charge in [-0.25, -0.2) is 8.78 Å². The molecule has 0 atom stereocenters. The van der Waals surface area contributed by atoms with E-state index in [0.717, 1.165) is 23.9 Å². The molecule has 0 unspecified atom stereocenters. The molecule has 0 saturated carbocycles. The van der Waals surface area contributed by atoms with Crippen LogP contribution in [0.2, 0.25) is 0 Å². The van der Waals surface area contributed by atoms with Gasteiger partial charge >= 0.3 is 0 Å². The van der Waals surface area contributed by atoms with Crippen molar-refractivity contribution >= 4 is 21.8 Å². The van der Waals surface area contributed by atoms with Crippen molar-refractivity contribution < 1.29 is 13.6 Å². The van der Waals surface area contributed by atoms with E-state index in [1.165, 1.54) is 11.0 Å². The van der Waals surface area contributed by atoms with Crippen LogP contribution in [0.15, 0.2) is 18.2 Å². The number of hydrogen-bond acceptors (Lipinski definition) is 1. The average molecular weight is 320 g/mol. The van der Waals surface area contributed by atoms with E-state index in [-0.39, 0.29) is 6.04 Å². The van der Waals surface area contributed by atoms with Crippen LogP contribution in [0, 0.1) is 11.6 Å². The summed E-state index contributed by atoms with van der Waals surface area (Å²) in [7, 11) is 0. The molecule has 0 aliphatic heterocycles. The lowest BCUT2D eigenvalue weighted by Gasteiger charge is -2.26. The van der Waals surface area contributed by atoms with Crippen LogP contribution in [-0.2, 0) is 0 Å². The largest absolute Gasteiger partial charge is 0.336 e. The predicted molar refractivity (Wildman–Crippen MR) is 70.9 cm³/mol. The summed E-state index contributed by atoms with van der Waals surface area (Å²) in [5.74, 6) is -2.23. The van der Waals surface area contributed by atoms with Crippen molar-refractivity contribution in [2.24, 2.45) is 0 Å².